The second kappa shape index (κ2) is 8.20. The first-order valence-corrected chi connectivity index (χ1v) is 8.95. The molecule has 9 nitrogen and oxygen atoms in total. The van der Waals surface area contributed by atoms with Gasteiger partial charge in [-0.15, -0.1) is 0 Å². The number of nitrogens with zero attached hydrogens (tertiary/aromatic N) is 5. The van der Waals surface area contributed by atoms with Gasteiger partial charge >= 0.3 is 0 Å². The summed E-state index contributed by atoms with van der Waals surface area (Å²) < 4.78 is 19.9. The van der Waals surface area contributed by atoms with Crippen molar-refractivity contribution < 1.29 is 19.0 Å². The number of likely N-dealkylation sites (tertiary alicyclic amines) is 1. The summed E-state index contributed by atoms with van der Waals surface area (Å²) in [5.74, 6) is -0.119. The molecule has 1 aliphatic heterocycles. The largest absolute Gasteiger partial charge is 0.382 e. The zero-order valence-corrected chi connectivity index (χ0v) is 16.5. The fraction of sp³-hybridized carbons (Fsp3) is 0.611. The second-order valence-electron chi connectivity index (χ2n) is 6.60. The molecule has 0 radical (unpaired) electrons. The molecule has 27 heavy (non-hydrogen) atoms. The molecule has 3 heterocycles. The van der Waals surface area contributed by atoms with E-state index < -0.39 is 0 Å². The molecule has 0 aliphatic carbocycles. The van der Waals surface area contributed by atoms with Gasteiger partial charge in [-0.3, -0.25) is 14.2 Å². The van der Waals surface area contributed by atoms with Crippen LogP contribution >= 0.6 is 0 Å². The van der Waals surface area contributed by atoms with Gasteiger partial charge in [-0.25, -0.2) is 0 Å². The number of hydrogen-bond donors (Lipinski definition) is 0. The topological polar surface area (TPSA) is 83.6 Å². The van der Waals surface area contributed by atoms with Crippen molar-refractivity contribution in [2.45, 2.75) is 31.7 Å². The van der Waals surface area contributed by atoms with Crippen molar-refractivity contribution in [1.82, 2.24) is 24.5 Å². The Morgan fingerprint density at radius 3 is 2.63 bits per heavy atom. The summed E-state index contributed by atoms with van der Waals surface area (Å²) in [6.07, 6.45) is 4.91. The molecule has 0 spiro atoms. The van der Waals surface area contributed by atoms with Crippen molar-refractivity contribution in [2.24, 2.45) is 7.05 Å². The van der Waals surface area contributed by atoms with E-state index in [1.807, 2.05) is 17.8 Å². The van der Waals surface area contributed by atoms with Crippen LogP contribution in [0.3, 0.4) is 0 Å². The van der Waals surface area contributed by atoms with Gasteiger partial charge in [0.2, 0.25) is 0 Å². The van der Waals surface area contributed by atoms with Crippen LogP contribution in [0.2, 0.25) is 0 Å². The molecule has 0 unspecified atom stereocenters. The molecule has 0 N–H and O–H groups in total. The first-order valence-electron chi connectivity index (χ1n) is 8.95. The summed E-state index contributed by atoms with van der Waals surface area (Å²) in [6, 6.07) is -0.233. The molecule has 1 aliphatic rings. The maximum absolute atomic E-state index is 13.4. The Labute approximate surface area is 158 Å². The minimum atomic E-state index is -0.248. The van der Waals surface area contributed by atoms with Crippen LogP contribution < -0.4 is 0 Å². The van der Waals surface area contributed by atoms with Gasteiger partial charge in [0.15, 0.2) is 0 Å². The smallest absolute Gasteiger partial charge is 0.258 e. The zero-order chi connectivity index (χ0) is 19.6. The van der Waals surface area contributed by atoms with E-state index in [4.69, 9.17) is 14.2 Å². The van der Waals surface area contributed by atoms with Gasteiger partial charge in [0.1, 0.15) is 17.9 Å². The molecule has 3 atom stereocenters. The lowest BCUT2D eigenvalue weighted by atomic mass is 10.1. The number of aryl methyl sites for hydroxylation is 2. The Bertz CT molecular complexity index is 787. The first-order chi connectivity index (χ1) is 13.0. The van der Waals surface area contributed by atoms with E-state index in [1.54, 1.807) is 50.4 Å². The standard InChI is InChI=1S/C18H27N5O4/c1-6-22-8-12(7-19-22)16-13(9-21(2)20-16)18(24)23-10-15(26-4)17(27-5)14(23)11-25-3/h7-9,14-15,17H,6,10-11H2,1-5H3/t14-,15+,17-/m0/s1. The highest BCUT2D eigenvalue weighted by Crippen LogP contribution is 2.29. The molecule has 9 heteroatoms. The van der Waals surface area contributed by atoms with Crippen molar-refractivity contribution in [3.63, 3.8) is 0 Å². The van der Waals surface area contributed by atoms with Crippen molar-refractivity contribution >= 4 is 5.91 Å². The Morgan fingerprint density at radius 2 is 2.04 bits per heavy atom. The van der Waals surface area contributed by atoms with Crippen LogP contribution in [0, 0.1) is 0 Å². The number of carbonyl (C=O) groups excluding carboxylic acids is 1. The monoisotopic (exact) mass is 377 g/mol. The summed E-state index contributed by atoms with van der Waals surface area (Å²) in [6.45, 7) is 3.57. The fourth-order valence-corrected chi connectivity index (χ4v) is 3.64. The van der Waals surface area contributed by atoms with E-state index in [9.17, 15) is 4.79 Å². The van der Waals surface area contributed by atoms with E-state index in [0.29, 0.717) is 24.4 Å². The van der Waals surface area contributed by atoms with E-state index in [1.165, 1.54) is 0 Å². The summed E-state index contributed by atoms with van der Waals surface area (Å²) in [5, 5.41) is 8.79. The van der Waals surface area contributed by atoms with Gasteiger partial charge in [0, 0.05) is 52.9 Å². The van der Waals surface area contributed by atoms with Crippen molar-refractivity contribution in [3.05, 3.63) is 24.2 Å². The van der Waals surface area contributed by atoms with E-state index >= 15 is 0 Å². The van der Waals surface area contributed by atoms with Gasteiger partial charge in [-0.05, 0) is 6.92 Å². The quantitative estimate of drug-likeness (QED) is 0.710. The highest BCUT2D eigenvalue weighted by molar-refractivity contribution is 6.00. The zero-order valence-electron chi connectivity index (χ0n) is 16.5. The molecule has 2 aromatic rings. The second-order valence-corrected chi connectivity index (χ2v) is 6.60. The normalized spacial score (nSPS) is 22.6. The third-order valence-electron chi connectivity index (χ3n) is 4.99. The fourth-order valence-electron chi connectivity index (χ4n) is 3.64. The average Bonchev–Trinajstić information content (AvgIpc) is 3.37. The lowest BCUT2D eigenvalue weighted by Crippen LogP contribution is -2.43. The lowest BCUT2D eigenvalue weighted by Gasteiger charge is -2.26. The first kappa shape index (κ1) is 19.5. The highest BCUT2D eigenvalue weighted by atomic mass is 16.5. The lowest BCUT2D eigenvalue weighted by molar-refractivity contribution is -0.0311. The Morgan fingerprint density at radius 1 is 1.26 bits per heavy atom. The molecule has 1 fully saturated rings. The Kier molecular flexibility index (Phi) is 5.93. The van der Waals surface area contributed by atoms with E-state index in [-0.39, 0.29) is 24.2 Å². The third-order valence-corrected chi connectivity index (χ3v) is 4.99. The molecule has 1 saturated heterocycles. The highest BCUT2D eigenvalue weighted by Gasteiger charge is 2.45. The van der Waals surface area contributed by atoms with Crippen molar-refractivity contribution in [1.29, 1.82) is 0 Å². The van der Waals surface area contributed by atoms with Crippen LogP contribution in [0.5, 0.6) is 0 Å². The van der Waals surface area contributed by atoms with Crippen LogP contribution in [0.4, 0.5) is 0 Å². The molecule has 1 amide bonds. The van der Waals surface area contributed by atoms with Gasteiger partial charge in [0.05, 0.1) is 31.0 Å². The van der Waals surface area contributed by atoms with E-state index in [2.05, 4.69) is 10.2 Å². The predicted octanol–water partition coefficient (Wildman–Crippen LogP) is 0.804. The maximum Gasteiger partial charge on any atom is 0.258 e. The summed E-state index contributed by atoms with van der Waals surface area (Å²) >= 11 is 0. The number of amides is 1. The van der Waals surface area contributed by atoms with Crippen LogP contribution in [0.15, 0.2) is 18.6 Å². The van der Waals surface area contributed by atoms with Crippen LogP contribution in [-0.4, -0.2) is 83.1 Å². The number of ether oxygens (including phenoxy) is 3. The van der Waals surface area contributed by atoms with Gasteiger partial charge in [-0.1, -0.05) is 0 Å². The van der Waals surface area contributed by atoms with Crippen molar-refractivity contribution in [3.8, 4) is 11.3 Å². The summed E-state index contributed by atoms with van der Waals surface area (Å²) in [7, 11) is 6.67. The number of hydrogen-bond acceptors (Lipinski definition) is 6. The van der Waals surface area contributed by atoms with Gasteiger partial charge < -0.3 is 19.1 Å². The Hall–Kier alpha value is -2.23. The molecule has 2 aromatic heterocycles. The molecular weight excluding hydrogens is 350 g/mol. The molecule has 0 saturated carbocycles. The third kappa shape index (κ3) is 3.62. The molecule has 0 aromatic carbocycles. The van der Waals surface area contributed by atoms with Gasteiger partial charge in [-0.2, -0.15) is 10.2 Å². The Balaban J connectivity index is 1.95. The number of aromatic nitrogens is 4. The van der Waals surface area contributed by atoms with Gasteiger partial charge in [0.25, 0.3) is 5.91 Å². The minimum Gasteiger partial charge on any atom is -0.382 e. The molecule has 148 valence electrons. The minimum absolute atomic E-state index is 0.119. The van der Waals surface area contributed by atoms with Crippen LogP contribution in [0.25, 0.3) is 11.3 Å². The van der Waals surface area contributed by atoms with E-state index in [0.717, 1.165) is 12.1 Å². The summed E-state index contributed by atoms with van der Waals surface area (Å²) in [4.78, 5) is 15.2. The number of carbonyl (C=O) groups is 1. The molecule has 3 rings (SSSR count). The van der Waals surface area contributed by atoms with Crippen LogP contribution in [0.1, 0.15) is 17.3 Å². The number of rotatable bonds is 7. The number of methoxy groups -OCH3 is 3. The van der Waals surface area contributed by atoms with Crippen LogP contribution in [-0.2, 0) is 27.8 Å². The maximum atomic E-state index is 13.4. The molecular formula is C18H27N5O4. The average molecular weight is 377 g/mol. The summed E-state index contributed by atoms with van der Waals surface area (Å²) in [5.41, 5.74) is 1.96. The SMILES string of the molecule is CCn1cc(-c2nn(C)cc2C(=O)N2C[C@@H](OC)[C@@H](OC)[C@@H]2COC)cn1. The predicted molar refractivity (Wildman–Crippen MR) is 98.4 cm³/mol. The molecule has 0 bridgehead atoms. The van der Waals surface area contributed by atoms with Crippen molar-refractivity contribution in [2.75, 3.05) is 34.5 Å².